The molecule has 0 aliphatic heterocycles. The zero-order chi connectivity index (χ0) is 15.4. The van der Waals surface area contributed by atoms with Gasteiger partial charge in [-0.05, 0) is 12.1 Å². The third kappa shape index (κ3) is 3.21. The van der Waals surface area contributed by atoms with Gasteiger partial charge in [-0.25, -0.2) is 4.79 Å². The fraction of sp³-hybridized carbons (Fsp3) is 0.0833. The van der Waals surface area contributed by atoms with Gasteiger partial charge in [0.15, 0.2) is 0 Å². The number of hydrogen-bond donors (Lipinski definition) is 1. The van der Waals surface area contributed by atoms with E-state index in [1.165, 1.54) is 43.7 Å². The molecule has 2 rings (SSSR count). The van der Waals surface area contributed by atoms with Crippen molar-refractivity contribution in [2.24, 2.45) is 0 Å². The third-order valence-electron chi connectivity index (χ3n) is 2.51. The predicted octanol–water partition coefficient (Wildman–Crippen LogP) is 1.20. The van der Waals surface area contributed by atoms with E-state index in [9.17, 15) is 19.7 Å². The molecule has 0 saturated heterocycles. The van der Waals surface area contributed by atoms with Gasteiger partial charge in [0, 0.05) is 19.2 Å². The van der Waals surface area contributed by atoms with Crippen LogP contribution >= 0.6 is 0 Å². The molecule has 9 nitrogen and oxygen atoms in total. The van der Waals surface area contributed by atoms with Gasteiger partial charge < -0.3 is 10.1 Å². The molecule has 0 atom stereocenters. The summed E-state index contributed by atoms with van der Waals surface area (Å²) in [6.45, 7) is 0. The summed E-state index contributed by atoms with van der Waals surface area (Å²) in [6.07, 6.45) is 1.60. The standard InChI is InChI=1S/C12H10N4O5/c1-13-11(17)8-6-14-15(7-8)12(18)21-10-4-2-9(3-5-10)16(19)20/h2-7H,1H3,(H,13,17). The lowest BCUT2D eigenvalue weighted by molar-refractivity contribution is -0.384. The van der Waals surface area contributed by atoms with Crippen LogP contribution < -0.4 is 10.1 Å². The van der Waals surface area contributed by atoms with Crippen LogP contribution in [0.1, 0.15) is 10.4 Å². The zero-order valence-electron chi connectivity index (χ0n) is 10.8. The number of hydrogen-bond acceptors (Lipinski definition) is 6. The van der Waals surface area contributed by atoms with Crippen molar-refractivity contribution in [3.8, 4) is 5.75 Å². The van der Waals surface area contributed by atoms with E-state index < -0.39 is 11.0 Å². The summed E-state index contributed by atoms with van der Waals surface area (Å²) in [5, 5.41) is 16.6. The number of ether oxygens (including phenoxy) is 1. The zero-order valence-corrected chi connectivity index (χ0v) is 10.8. The van der Waals surface area contributed by atoms with Gasteiger partial charge >= 0.3 is 6.09 Å². The normalized spacial score (nSPS) is 9.95. The maximum atomic E-state index is 11.8. The van der Waals surface area contributed by atoms with E-state index in [2.05, 4.69) is 10.4 Å². The summed E-state index contributed by atoms with van der Waals surface area (Å²) < 4.78 is 5.82. The van der Waals surface area contributed by atoms with Crippen molar-refractivity contribution >= 4 is 17.7 Å². The molecule has 1 aromatic carbocycles. The highest BCUT2D eigenvalue weighted by molar-refractivity contribution is 5.94. The van der Waals surface area contributed by atoms with Crippen molar-refractivity contribution in [2.45, 2.75) is 0 Å². The monoisotopic (exact) mass is 290 g/mol. The summed E-state index contributed by atoms with van der Waals surface area (Å²) in [7, 11) is 1.45. The molecule has 0 aliphatic rings. The highest BCUT2D eigenvalue weighted by Crippen LogP contribution is 2.17. The van der Waals surface area contributed by atoms with Crippen molar-refractivity contribution in [1.82, 2.24) is 15.1 Å². The quantitative estimate of drug-likeness (QED) is 0.670. The molecule has 0 fully saturated rings. The van der Waals surface area contributed by atoms with Gasteiger partial charge in [0.2, 0.25) is 0 Å². The maximum Gasteiger partial charge on any atom is 0.440 e. The van der Waals surface area contributed by atoms with E-state index in [1.54, 1.807) is 0 Å². The van der Waals surface area contributed by atoms with Crippen LogP contribution in [0.15, 0.2) is 36.7 Å². The second-order valence-corrected chi connectivity index (χ2v) is 3.87. The number of carbonyl (C=O) groups excluding carboxylic acids is 2. The number of nitrogens with one attached hydrogen (secondary N) is 1. The van der Waals surface area contributed by atoms with Crippen LogP contribution in [0.3, 0.4) is 0 Å². The number of benzene rings is 1. The number of amides is 1. The minimum atomic E-state index is -0.834. The van der Waals surface area contributed by atoms with Crippen LogP contribution in [0.4, 0.5) is 10.5 Å². The van der Waals surface area contributed by atoms with E-state index >= 15 is 0 Å². The summed E-state index contributed by atoms with van der Waals surface area (Å²) >= 11 is 0. The number of nitrogens with zero attached hydrogens (tertiary/aromatic N) is 3. The Hall–Kier alpha value is -3.23. The molecule has 0 bridgehead atoms. The fourth-order valence-electron chi connectivity index (χ4n) is 1.47. The van der Waals surface area contributed by atoms with Crippen LogP contribution in [-0.4, -0.2) is 33.8 Å². The van der Waals surface area contributed by atoms with Crippen molar-refractivity contribution in [2.75, 3.05) is 7.05 Å². The lowest BCUT2D eigenvalue weighted by Crippen LogP contribution is -2.19. The van der Waals surface area contributed by atoms with Crippen LogP contribution in [0, 0.1) is 10.1 Å². The van der Waals surface area contributed by atoms with E-state index in [-0.39, 0.29) is 22.9 Å². The van der Waals surface area contributed by atoms with E-state index in [1.807, 2.05) is 0 Å². The number of rotatable bonds is 3. The van der Waals surface area contributed by atoms with Crippen LogP contribution in [0.5, 0.6) is 5.75 Å². The molecule has 9 heteroatoms. The molecule has 0 saturated carbocycles. The number of nitro benzene ring substituents is 1. The SMILES string of the molecule is CNC(=O)c1cnn(C(=O)Oc2ccc([N+](=O)[O-])cc2)c1. The largest absolute Gasteiger partial charge is 0.440 e. The first kappa shape index (κ1) is 14.2. The minimum absolute atomic E-state index is 0.115. The molecule has 1 heterocycles. The summed E-state index contributed by atoms with van der Waals surface area (Å²) in [5.74, 6) is -0.257. The Morgan fingerprint density at radius 2 is 2.00 bits per heavy atom. The lowest BCUT2D eigenvalue weighted by atomic mass is 10.3. The van der Waals surface area contributed by atoms with Crippen LogP contribution in [0.25, 0.3) is 0 Å². The van der Waals surface area contributed by atoms with E-state index in [4.69, 9.17) is 4.74 Å². The van der Waals surface area contributed by atoms with Crippen molar-refractivity contribution < 1.29 is 19.2 Å². The Kier molecular flexibility index (Phi) is 3.93. The number of nitro groups is 1. The minimum Gasteiger partial charge on any atom is -0.409 e. The highest BCUT2D eigenvalue weighted by Gasteiger charge is 2.13. The van der Waals surface area contributed by atoms with Gasteiger partial charge in [-0.1, -0.05) is 0 Å². The predicted molar refractivity (Wildman–Crippen MR) is 70.1 cm³/mol. The van der Waals surface area contributed by atoms with Gasteiger partial charge in [0.05, 0.1) is 22.9 Å². The molecule has 1 N–H and O–H groups in total. The number of aromatic nitrogens is 2. The van der Waals surface area contributed by atoms with Crippen molar-refractivity contribution in [3.05, 3.63) is 52.3 Å². The lowest BCUT2D eigenvalue weighted by Gasteiger charge is -2.03. The smallest absolute Gasteiger partial charge is 0.409 e. The molecule has 0 radical (unpaired) electrons. The van der Waals surface area contributed by atoms with E-state index in [0.29, 0.717) is 0 Å². The Bertz CT molecular complexity index is 692. The second kappa shape index (κ2) is 5.82. The van der Waals surface area contributed by atoms with Crippen LogP contribution in [-0.2, 0) is 0 Å². The Labute approximate surface area is 118 Å². The number of carbonyl (C=O) groups is 2. The van der Waals surface area contributed by atoms with Gasteiger partial charge in [-0.15, -0.1) is 0 Å². The molecule has 0 aliphatic carbocycles. The Morgan fingerprint density at radius 1 is 1.33 bits per heavy atom. The summed E-state index contributed by atoms with van der Waals surface area (Å²) in [4.78, 5) is 33.0. The highest BCUT2D eigenvalue weighted by atomic mass is 16.6. The first-order valence-corrected chi connectivity index (χ1v) is 5.74. The topological polar surface area (TPSA) is 116 Å². The molecule has 2 aromatic rings. The van der Waals surface area contributed by atoms with Crippen LogP contribution in [0.2, 0.25) is 0 Å². The molecule has 0 unspecified atom stereocenters. The molecule has 21 heavy (non-hydrogen) atoms. The van der Waals surface area contributed by atoms with Gasteiger partial charge in [-0.3, -0.25) is 14.9 Å². The maximum absolute atomic E-state index is 11.8. The average molecular weight is 290 g/mol. The van der Waals surface area contributed by atoms with Gasteiger partial charge in [0.25, 0.3) is 11.6 Å². The van der Waals surface area contributed by atoms with Crippen molar-refractivity contribution in [3.63, 3.8) is 0 Å². The fourth-order valence-corrected chi connectivity index (χ4v) is 1.47. The second-order valence-electron chi connectivity index (χ2n) is 3.87. The molecule has 1 aromatic heterocycles. The molecule has 108 valence electrons. The van der Waals surface area contributed by atoms with Gasteiger partial charge in [-0.2, -0.15) is 9.78 Å². The summed E-state index contributed by atoms with van der Waals surface area (Å²) in [5.41, 5.74) is 0.0916. The van der Waals surface area contributed by atoms with Crippen molar-refractivity contribution in [1.29, 1.82) is 0 Å². The molecular formula is C12H10N4O5. The summed E-state index contributed by atoms with van der Waals surface area (Å²) in [6, 6.07) is 5.00. The Balaban J connectivity index is 2.09. The van der Waals surface area contributed by atoms with E-state index in [0.717, 1.165) is 4.68 Å². The third-order valence-corrected chi connectivity index (χ3v) is 2.51. The number of non-ortho nitro benzene ring substituents is 1. The molecule has 1 amide bonds. The average Bonchev–Trinajstić information content (AvgIpc) is 2.97. The first-order valence-electron chi connectivity index (χ1n) is 5.74. The first-order chi connectivity index (χ1) is 10.0. The molecule has 0 spiro atoms. The Morgan fingerprint density at radius 3 is 2.57 bits per heavy atom. The van der Waals surface area contributed by atoms with Gasteiger partial charge in [0.1, 0.15) is 5.75 Å². The molecular weight excluding hydrogens is 280 g/mol.